The first kappa shape index (κ1) is 23.2. The molecule has 0 saturated heterocycles. The van der Waals surface area contributed by atoms with Gasteiger partial charge in [0.05, 0.1) is 0 Å². The van der Waals surface area contributed by atoms with Crippen LogP contribution in [0.5, 0.6) is 11.5 Å². The lowest BCUT2D eigenvalue weighted by molar-refractivity contribution is -0.138. The number of rotatable bonds is 13. The minimum atomic E-state index is -0.913. The standard InChI is InChI=1S/C22H28N2O6/c25-19-7-3-1-5-15(19)17(9-11-21(27)28)23-13-14-24-18(10-12-22(29)30)16-6-2-4-8-20(16)26/h1-8,17-18,23-26H,9-14H2,(H,27,28)(H,29,30). The second-order valence-electron chi connectivity index (χ2n) is 7.00. The van der Waals surface area contributed by atoms with Crippen LogP contribution in [0, 0.1) is 0 Å². The number of para-hydroxylation sites is 2. The maximum Gasteiger partial charge on any atom is 0.303 e. The van der Waals surface area contributed by atoms with E-state index in [1.807, 2.05) is 0 Å². The molecule has 2 aromatic rings. The third-order valence-electron chi connectivity index (χ3n) is 4.82. The van der Waals surface area contributed by atoms with Gasteiger partial charge in [0, 0.05) is 49.1 Å². The molecule has 0 amide bonds. The van der Waals surface area contributed by atoms with Crippen molar-refractivity contribution in [2.75, 3.05) is 13.1 Å². The monoisotopic (exact) mass is 416 g/mol. The lowest BCUT2D eigenvalue weighted by Gasteiger charge is -2.22. The van der Waals surface area contributed by atoms with E-state index in [9.17, 15) is 19.8 Å². The van der Waals surface area contributed by atoms with Gasteiger partial charge in [-0.15, -0.1) is 0 Å². The third kappa shape index (κ3) is 7.38. The van der Waals surface area contributed by atoms with Crippen molar-refractivity contribution < 1.29 is 30.0 Å². The molecule has 0 aliphatic rings. The van der Waals surface area contributed by atoms with Crippen LogP contribution in [0.3, 0.4) is 0 Å². The Balaban J connectivity index is 1.99. The lowest BCUT2D eigenvalue weighted by atomic mass is 10.00. The number of carboxylic acid groups (broad SMARTS) is 2. The number of benzene rings is 2. The van der Waals surface area contributed by atoms with Gasteiger partial charge in [-0.25, -0.2) is 0 Å². The van der Waals surface area contributed by atoms with E-state index in [1.165, 1.54) is 0 Å². The van der Waals surface area contributed by atoms with Gasteiger partial charge in [-0.1, -0.05) is 36.4 Å². The molecule has 2 aromatic carbocycles. The topological polar surface area (TPSA) is 139 Å². The normalized spacial score (nSPS) is 12.9. The predicted octanol–water partition coefficient (Wildman–Crippen LogP) is 2.79. The van der Waals surface area contributed by atoms with Crippen LogP contribution in [0.25, 0.3) is 0 Å². The Morgan fingerprint density at radius 2 is 1.07 bits per heavy atom. The van der Waals surface area contributed by atoms with Gasteiger partial charge in [0.15, 0.2) is 0 Å². The Hall–Kier alpha value is -3.10. The van der Waals surface area contributed by atoms with Crippen molar-refractivity contribution in [3.63, 3.8) is 0 Å². The molecule has 0 aliphatic heterocycles. The average Bonchev–Trinajstić information content (AvgIpc) is 2.70. The van der Waals surface area contributed by atoms with E-state index in [1.54, 1.807) is 48.5 Å². The van der Waals surface area contributed by atoms with Gasteiger partial charge < -0.3 is 31.1 Å². The molecule has 0 spiro atoms. The van der Waals surface area contributed by atoms with Crippen LogP contribution in [-0.2, 0) is 9.59 Å². The molecule has 8 nitrogen and oxygen atoms in total. The molecule has 0 fully saturated rings. The van der Waals surface area contributed by atoms with E-state index < -0.39 is 11.9 Å². The molecule has 2 rings (SSSR count). The largest absolute Gasteiger partial charge is 0.508 e. The summed E-state index contributed by atoms with van der Waals surface area (Å²) in [5.74, 6) is -1.63. The Labute approximate surface area is 175 Å². The number of carbonyl (C=O) groups is 2. The van der Waals surface area contributed by atoms with Crippen molar-refractivity contribution in [3.8, 4) is 11.5 Å². The van der Waals surface area contributed by atoms with E-state index in [-0.39, 0.29) is 36.4 Å². The van der Waals surface area contributed by atoms with Crippen LogP contribution in [0.1, 0.15) is 48.9 Å². The summed E-state index contributed by atoms with van der Waals surface area (Å²) < 4.78 is 0. The maximum atomic E-state index is 11.0. The zero-order valence-corrected chi connectivity index (χ0v) is 16.6. The molecule has 0 aromatic heterocycles. The molecule has 0 bridgehead atoms. The number of hydrogen-bond donors (Lipinski definition) is 6. The first-order valence-electron chi connectivity index (χ1n) is 9.84. The number of carboxylic acids is 2. The molecule has 0 heterocycles. The van der Waals surface area contributed by atoms with E-state index in [0.29, 0.717) is 37.1 Å². The zero-order chi connectivity index (χ0) is 21.9. The number of nitrogens with one attached hydrogen (secondary N) is 2. The fraction of sp³-hybridized carbons (Fsp3) is 0.364. The summed E-state index contributed by atoms with van der Waals surface area (Å²) in [7, 11) is 0. The molecule has 30 heavy (non-hydrogen) atoms. The third-order valence-corrected chi connectivity index (χ3v) is 4.82. The van der Waals surface area contributed by atoms with Gasteiger partial charge >= 0.3 is 11.9 Å². The van der Waals surface area contributed by atoms with Crippen LogP contribution in [0.4, 0.5) is 0 Å². The molecule has 0 radical (unpaired) electrons. The molecule has 0 aliphatic carbocycles. The van der Waals surface area contributed by atoms with Crippen molar-refractivity contribution >= 4 is 11.9 Å². The van der Waals surface area contributed by atoms with Crippen molar-refractivity contribution in [2.24, 2.45) is 0 Å². The summed E-state index contributed by atoms with van der Waals surface area (Å²) in [6, 6.07) is 12.9. The van der Waals surface area contributed by atoms with Crippen molar-refractivity contribution in [3.05, 3.63) is 59.7 Å². The number of hydrogen-bond acceptors (Lipinski definition) is 6. The summed E-state index contributed by atoms with van der Waals surface area (Å²) in [6.45, 7) is 0.908. The van der Waals surface area contributed by atoms with Gasteiger partial charge in [-0.3, -0.25) is 9.59 Å². The SMILES string of the molecule is O=C(O)CCC(NCCNC(CCC(=O)O)c1ccccc1O)c1ccccc1O. The summed E-state index contributed by atoms with van der Waals surface area (Å²) in [4.78, 5) is 22.0. The Bertz CT molecular complexity index is 772. The lowest BCUT2D eigenvalue weighted by Crippen LogP contribution is -2.33. The first-order chi connectivity index (χ1) is 14.4. The number of phenolic OH excluding ortho intramolecular Hbond substituents is 2. The zero-order valence-electron chi connectivity index (χ0n) is 16.6. The fourth-order valence-corrected chi connectivity index (χ4v) is 3.33. The van der Waals surface area contributed by atoms with Crippen LogP contribution in [0.15, 0.2) is 48.5 Å². The second-order valence-corrected chi connectivity index (χ2v) is 7.00. The van der Waals surface area contributed by atoms with Gasteiger partial charge in [-0.2, -0.15) is 0 Å². The second kappa shape index (κ2) is 11.8. The van der Waals surface area contributed by atoms with Gasteiger partial charge in [-0.05, 0) is 25.0 Å². The van der Waals surface area contributed by atoms with Crippen molar-refractivity contribution in [1.82, 2.24) is 10.6 Å². The minimum absolute atomic E-state index is 0.0431. The molecule has 2 atom stereocenters. The highest BCUT2D eigenvalue weighted by atomic mass is 16.4. The molecular formula is C22H28N2O6. The summed E-state index contributed by atoms with van der Waals surface area (Å²) >= 11 is 0. The van der Waals surface area contributed by atoms with Crippen LogP contribution >= 0.6 is 0 Å². The first-order valence-corrected chi connectivity index (χ1v) is 9.84. The van der Waals surface area contributed by atoms with Crippen molar-refractivity contribution in [1.29, 1.82) is 0 Å². The fourth-order valence-electron chi connectivity index (χ4n) is 3.33. The smallest absolute Gasteiger partial charge is 0.303 e. The summed E-state index contributed by atoms with van der Waals surface area (Å²) in [6.07, 6.45) is 0.542. The molecule has 0 saturated carbocycles. The van der Waals surface area contributed by atoms with E-state index in [0.717, 1.165) is 0 Å². The minimum Gasteiger partial charge on any atom is -0.508 e. The van der Waals surface area contributed by atoms with Crippen molar-refractivity contribution in [2.45, 2.75) is 37.8 Å². The Morgan fingerprint density at radius 3 is 1.40 bits per heavy atom. The van der Waals surface area contributed by atoms with E-state index in [4.69, 9.17) is 10.2 Å². The molecular weight excluding hydrogens is 388 g/mol. The van der Waals surface area contributed by atoms with Gasteiger partial charge in [0.2, 0.25) is 0 Å². The Morgan fingerprint density at radius 1 is 0.700 bits per heavy atom. The number of aromatic hydroxyl groups is 2. The molecule has 8 heteroatoms. The maximum absolute atomic E-state index is 11.0. The van der Waals surface area contributed by atoms with Crippen LogP contribution < -0.4 is 10.6 Å². The Kier molecular flexibility index (Phi) is 9.11. The van der Waals surface area contributed by atoms with Gasteiger partial charge in [0.1, 0.15) is 11.5 Å². The average molecular weight is 416 g/mol. The van der Waals surface area contributed by atoms with Crippen LogP contribution in [-0.4, -0.2) is 45.5 Å². The van der Waals surface area contributed by atoms with E-state index >= 15 is 0 Å². The number of phenols is 2. The van der Waals surface area contributed by atoms with E-state index in [2.05, 4.69) is 10.6 Å². The predicted molar refractivity (Wildman–Crippen MR) is 111 cm³/mol. The quantitative estimate of drug-likeness (QED) is 0.274. The summed E-state index contributed by atoms with van der Waals surface area (Å²) in [5, 5.41) is 44.7. The highest BCUT2D eigenvalue weighted by molar-refractivity contribution is 5.67. The molecule has 2 unspecified atom stereocenters. The molecule has 6 N–H and O–H groups in total. The highest BCUT2D eigenvalue weighted by Gasteiger charge is 2.18. The highest BCUT2D eigenvalue weighted by Crippen LogP contribution is 2.28. The molecule has 162 valence electrons. The van der Waals surface area contributed by atoms with Crippen LogP contribution in [0.2, 0.25) is 0 Å². The number of aliphatic carboxylic acids is 2. The van der Waals surface area contributed by atoms with Gasteiger partial charge in [0.25, 0.3) is 0 Å². The summed E-state index contributed by atoms with van der Waals surface area (Å²) in [5.41, 5.74) is 1.25.